The molecule has 3 nitrogen and oxygen atoms in total. The van der Waals surface area contributed by atoms with Crippen LogP contribution in [0.2, 0.25) is 0 Å². The van der Waals surface area contributed by atoms with Gasteiger partial charge in [0.15, 0.2) is 0 Å². The van der Waals surface area contributed by atoms with E-state index in [1.165, 1.54) is 19.9 Å². The van der Waals surface area contributed by atoms with Gasteiger partial charge in [0.1, 0.15) is 0 Å². The van der Waals surface area contributed by atoms with Crippen LogP contribution in [0.4, 0.5) is 0 Å². The normalized spacial score (nSPS) is 13.7. The number of carbonyl (C=O) groups is 1. The maximum absolute atomic E-state index is 10.1. The Morgan fingerprint density at radius 3 is 2.20 bits per heavy atom. The first-order chi connectivity index (χ1) is 4.04. The molecule has 0 heterocycles. The molecular formula is C6H11NaO3. The van der Waals surface area contributed by atoms with E-state index in [0.29, 0.717) is 0 Å². The zero-order valence-corrected chi connectivity index (χ0v) is 8.46. The summed E-state index contributed by atoms with van der Waals surface area (Å²) in [5, 5.41) is 16.9. The van der Waals surface area contributed by atoms with Crippen molar-refractivity contribution in [2.75, 3.05) is 0 Å². The van der Waals surface area contributed by atoms with E-state index in [-0.39, 0.29) is 36.6 Å². The Labute approximate surface area is 83.5 Å². The summed E-state index contributed by atoms with van der Waals surface area (Å²) in [5.74, 6) is -0.990. The quantitative estimate of drug-likeness (QED) is 0.342. The maximum Gasteiger partial charge on any atom is 1.00 e. The van der Waals surface area contributed by atoms with Crippen molar-refractivity contribution < 1.29 is 46.0 Å². The smallest absolute Gasteiger partial charge is 1.00 e. The molecule has 0 aromatic rings. The van der Waals surface area contributed by atoms with Gasteiger partial charge in [-0.05, 0) is 19.9 Å². The van der Waals surface area contributed by atoms with Gasteiger partial charge in [-0.3, -0.25) is 0 Å². The van der Waals surface area contributed by atoms with Crippen LogP contribution in [0.25, 0.3) is 0 Å². The summed E-state index contributed by atoms with van der Waals surface area (Å²) in [5.41, 5.74) is 0.171. The van der Waals surface area contributed by atoms with Gasteiger partial charge in [-0.2, -0.15) is 0 Å². The van der Waals surface area contributed by atoms with Crippen molar-refractivity contribution in [3.05, 3.63) is 11.6 Å². The van der Waals surface area contributed by atoms with Crippen LogP contribution in [0.15, 0.2) is 11.6 Å². The summed E-state index contributed by atoms with van der Waals surface area (Å²) in [6.45, 7) is 2.95. The van der Waals surface area contributed by atoms with E-state index in [1.807, 2.05) is 0 Å². The number of aliphatic hydroxyl groups excluding tert-OH is 1. The standard InChI is InChI=1S/C6H10O3.Na.H/c1-4(6(8)9)3-5(2)7;;/h3,5,7H,1-2H3,(H,8,9);;/q;+1;-1. The van der Waals surface area contributed by atoms with Crippen LogP contribution in [0.3, 0.4) is 0 Å². The van der Waals surface area contributed by atoms with Crippen LogP contribution in [0, 0.1) is 0 Å². The molecule has 0 saturated heterocycles. The molecule has 0 aliphatic carbocycles. The van der Waals surface area contributed by atoms with E-state index in [4.69, 9.17) is 10.2 Å². The van der Waals surface area contributed by atoms with Gasteiger partial charge in [0, 0.05) is 5.57 Å². The number of aliphatic carboxylic acids is 1. The first-order valence-corrected chi connectivity index (χ1v) is 2.64. The molecule has 10 heavy (non-hydrogen) atoms. The molecule has 54 valence electrons. The van der Waals surface area contributed by atoms with Crippen molar-refractivity contribution in [2.24, 2.45) is 0 Å². The third-order valence-electron chi connectivity index (χ3n) is 0.829. The zero-order valence-electron chi connectivity index (χ0n) is 7.46. The Bertz CT molecular complexity index is 145. The predicted molar refractivity (Wildman–Crippen MR) is 34.2 cm³/mol. The Morgan fingerprint density at radius 1 is 1.70 bits per heavy atom. The SMILES string of the molecule is CC(=CC(C)O)C(=O)O.[H-].[Na+]. The van der Waals surface area contributed by atoms with Crippen molar-refractivity contribution in [3.63, 3.8) is 0 Å². The Balaban J connectivity index is -0.000000320. The zero-order chi connectivity index (χ0) is 7.44. The van der Waals surface area contributed by atoms with Crippen LogP contribution < -0.4 is 29.6 Å². The fourth-order valence-electron chi connectivity index (χ4n) is 0.433. The first kappa shape index (κ1) is 12.8. The van der Waals surface area contributed by atoms with Gasteiger partial charge in [0.05, 0.1) is 6.10 Å². The molecule has 0 bridgehead atoms. The van der Waals surface area contributed by atoms with Gasteiger partial charge >= 0.3 is 35.5 Å². The summed E-state index contributed by atoms with van der Waals surface area (Å²) < 4.78 is 0. The average Bonchev–Trinajstić information content (AvgIpc) is 1.63. The number of carboxylic acid groups (broad SMARTS) is 1. The number of carboxylic acids is 1. The summed E-state index contributed by atoms with van der Waals surface area (Å²) in [6, 6.07) is 0. The van der Waals surface area contributed by atoms with Crippen LogP contribution in [0.5, 0.6) is 0 Å². The summed E-state index contributed by atoms with van der Waals surface area (Å²) in [4.78, 5) is 10.1. The molecule has 1 atom stereocenters. The van der Waals surface area contributed by atoms with Crippen molar-refractivity contribution in [1.29, 1.82) is 0 Å². The monoisotopic (exact) mass is 154 g/mol. The maximum atomic E-state index is 10.1. The molecule has 0 aliphatic heterocycles. The molecular weight excluding hydrogens is 143 g/mol. The molecule has 2 N–H and O–H groups in total. The average molecular weight is 154 g/mol. The fraction of sp³-hybridized carbons (Fsp3) is 0.500. The van der Waals surface area contributed by atoms with Crippen LogP contribution in [0.1, 0.15) is 15.3 Å². The minimum absolute atomic E-state index is 0. The van der Waals surface area contributed by atoms with E-state index in [0.717, 1.165) is 0 Å². The van der Waals surface area contributed by atoms with Crippen LogP contribution >= 0.6 is 0 Å². The molecule has 0 fully saturated rings. The number of rotatable bonds is 2. The number of hydrogen-bond donors (Lipinski definition) is 2. The van der Waals surface area contributed by atoms with E-state index in [1.54, 1.807) is 0 Å². The molecule has 0 rings (SSSR count). The molecule has 1 unspecified atom stereocenters. The van der Waals surface area contributed by atoms with Crippen molar-refractivity contribution in [3.8, 4) is 0 Å². The van der Waals surface area contributed by atoms with Crippen molar-refractivity contribution >= 4 is 5.97 Å². The van der Waals surface area contributed by atoms with E-state index in [2.05, 4.69) is 0 Å². The van der Waals surface area contributed by atoms with E-state index >= 15 is 0 Å². The Hall–Kier alpha value is 0.170. The van der Waals surface area contributed by atoms with Gasteiger partial charge < -0.3 is 11.6 Å². The largest absolute Gasteiger partial charge is 1.00 e. The molecule has 0 radical (unpaired) electrons. The summed E-state index contributed by atoms with van der Waals surface area (Å²) in [6.07, 6.45) is 0.601. The third kappa shape index (κ3) is 6.29. The fourth-order valence-corrected chi connectivity index (χ4v) is 0.433. The summed E-state index contributed by atoms with van der Waals surface area (Å²) >= 11 is 0. The van der Waals surface area contributed by atoms with Gasteiger partial charge in [-0.15, -0.1) is 0 Å². The second-order valence-electron chi connectivity index (χ2n) is 1.90. The molecule has 0 amide bonds. The van der Waals surface area contributed by atoms with Gasteiger partial charge in [0.25, 0.3) is 0 Å². The molecule has 0 spiro atoms. The minimum Gasteiger partial charge on any atom is -1.00 e. The van der Waals surface area contributed by atoms with Gasteiger partial charge in [-0.25, -0.2) is 4.79 Å². The van der Waals surface area contributed by atoms with E-state index in [9.17, 15) is 4.79 Å². The predicted octanol–water partition coefficient (Wildman–Crippen LogP) is -2.49. The molecule has 0 aromatic heterocycles. The molecule has 0 aliphatic rings. The van der Waals surface area contributed by atoms with Gasteiger partial charge in [-0.1, -0.05) is 0 Å². The van der Waals surface area contributed by atoms with Gasteiger partial charge in [0.2, 0.25) is 0 Å². The van der Waals surface area contributed by atoms with E-state index < -0.39 is 12.1 Å². The van der Waals surface area contributed by atoms with Crippen LogP contribution in [-0.4, -0.2) is 22.3 Å². The second-order valence-corrected chi connectivity index (χ2v) is 1.90. The Kier molecular flexibility index (Phi) is 7.58. The molecule has 0 aromatic carbocycles. The first-order valence-electron chi connectivity index (χ1n) is 2.64. The third-order valence-corrected chi connectivity index (χ3v) is 0.829. The second kappa shape index (κ2) is 5.92. The van der Waals surface area contributed by atoms with Crippen molar-refractivity contribution in [1.82, 2.24) is 0 Å². The number of hydrogen-bond acceptors (Lipinski definition) is 2. The molecule has 4 heteroatoms. The summed E-state index contributed by atoms with van der Waals surface area (Å²) in [7, 11) is 0. The Morgan fingerprint density at radius 2 is 2.10 bits per heavy atom. The topological polar surface area (TPSA) is 57.5 Å². The van der Waals surface area contributed by atoms with Crippen molar-refractivity contribution in [2.45, 2.75) is 20.0 Å². The molecule has 0 saturated carbocycles. The van der Waals surface area contributed by atoms with Crippen LogP contribution in [-0.2, 0) is 4.79 Å². The minimum atomic E-state index is -0.990. The number of aliphatic hydroxyl groups is 1.